The Hall–Kier alpha value is -3.16. The van der Waals surface area contributed by atoms with E-state index in [0.717, 1.165) is 41.7 Å². The van der Waals surface area contributed by atoms with Crippen LogP contribution in [0.4, 0.5) is 5.69 Å². The average molecular weight is 490 g/mol. The van der Waals surface area contributed by atoms with Crippen LogP contribution in [0, 0.1) is 11.8 Å². The van der Waals surface area contributed by atoms with Crippen LogP contribution in [0.3, 0.4) is 0 Å². The number of ether oxygens (including phenoxy) is 3. The first-order valence-corrected chi connectivity index (χ1v) is 12.4. The van der Waals surface area contributed by atoms with E-state index in [1.165, 1.54) is 6.42 Å². The highest BCUT2D eigenvalue weighted by Gasteiger charge is 2.44. The number of benzene rings is 2. The third-order valence-corrected chi connectivity index (χ3v) is 7.57. The van der Waals surface area contributed by atoms with Crippen molar-refractivity contribution in [2.45, 2.75) is 25.0 Å². The van der Waals surface area contributed by atoms with Crippen LogP contribution in [0.25, 0.3) is 10.9 Å². The molecular weight excluding hydrogens is 458 g/mol. The zero-order valence-electron chi connectivity index (χ0n) is 20.1. The molecular formula is C28H31N3O3S. The maximum atomic E-state index is 6.60. The second kappa shape index (κ2) is 10.2. The van der Waals surface area contributed by atoms with Crippen LogP contribution >= 0.6 is 12.2 Å². The molecule has 1 aromatic heterocycles. The first kappa shape index (κ1) is 23.6. The number of nitrogens with one attached hydrogen (secondary N) is 1. The van der Waals surface area contributed by atoms with Crippen molar-refractivity contribution < 1.29 is 14.2 Å². The second-order valence-electron chi connectivity index (χ2n) is 9.18. The molecule has 3 aromatic rings. The van der Waals surface area contributed by atoms with Crippen molar-refractivity contribution in [3.05, 3.63) is 72.9 Å². The first-order valence-electron chi connectivity index (χ1n) is 12.0. The lowest BCUT2D eigenvalue weighted by Crippen LogP contribution is -2.55. The summed E-state index contributed by atoms with van der Waals surface area (Å²) in [6.07, 6.45) is 5.99. The largest absolute Gasteiger partial charge is 0.497 e. The van der Waals surface area contributed by atoms with Gasteiger partial charge in [0.2, 0.25) is 0 Å². The third kappa shape index (κ3) is 4.70. The second-order valence-corrected chi connectivity index (χ2v) is 9.55. The van der Waals surface area contributed by atoms with Crippen LogP contribution in [-0.4, -0.2) is 48.4 Å². The topological polar surface area (TPSA) is 55.9 Å². The van der Waals surface area contributed by atoms with Gasteiger partial charge < -0.3 is 19.5 Å². The lowest BCUT2D eigenvalue weighted by atomic mass is 9.73. The van der Waals surface area contributed by atoms with Gasteiger partial charge in [-0.2, -0.15) is 0 Å². The normalized spacial score (nSPS) is 23.9. The van der Waals surface area contributed by atoms with Crippen molar-refractivity contribution in [3.8, 4) is 11.5 Å². The van der Waals surface area contributed by atoms with Crippen molar-refractivity contribution >= 4 is 34.0 Å². The van der Waals surface area contributed by atoms with Crippen molar-refractivity contribution in [2.24, 2.45) is 11.8 Å². The SMILES string of the molecule is C=C[C@H]1CN2CC[C@H]1C[C@@H]2[C@@H](OC(=S)Nc1ccc(OC)cc1OC)c1ccnc2ccccc12. The molecule has 182 valence electrons. The number of rotatable bonds is 7. The Balaban J connectivity index is 1.46. The maximum Gasteiger partial charge on any atom is 0.261 e. The zero-order valence-corrected chi connectivity index (χ0v) is 21.0. The number of anilines is 1. The van der Waals surface area contributed by atoms with E-state index in [1.54, 1.807) is 14.2 Å². The van der Waals surface area contributed by atoms with Gasteiger partial charge in [-0.25, -0.2) is 0 Å². The van der Waals surface area contributed by atoms with E-state index in [1.807, 2.05) is 42.6 Å². The Labute approximate surface area is 211 Å². The summed E-state index contributed by atoms with van der Waals surface area (Å²) >= 11 is 5.73. The highest BCUT2D eigenvalue weighted by molar-refractivity contribution is 7.80. The van der Waals surface area contributed by atoms with Crippen LogP contribution in [0.2, 0.25) is 0 Å². The fraction of sp³-hybridized carbons (Fsp3) is 0.357. The van der Waals surface area contributed by atoms with Gasteiger partial charge in [0, 0.05) is 29.8 Å². The van der Waals surface area contributed by atoms with E-state index < -0.39 is 0 Å². The summed E-state index contributed by atoms with van der Waals surface area (Å²) in [4.78, 5) is 7.11. The number of nitrogens with zero attached hydrogens (tertiary/aromatic N) is 2. The van der Waals surface area contributed by atoms with Crippen LogP contribution in [0.5, 0.6) is 11.5 Å². The monoisotopic (exact) mass is 489 g/mol. The van der Waals surface area contributed by atoms with Gasteiger partial charge in [0.1, 0.15) is 17.6 Å². The molecule has 6 nitrogen and oxygen atoms in total. The van der Waals surface area contributed by atoms with Crippen LogP contribution in [-0.2, 0) is 4.74 Å². The van der Waals surface area contributed by atoms with Crippen molar-refractivity contribution in [1.29, 1.82) is 0 Å². The molecule has 7 heteroatoms. The first-order chi connectivity index (χ1) is 17.1. The minimum atomic E-state index is -0.235. The van der Waals surface area contributed by atoms with Crippen molar-refractivity contribution in [3.63, 3.8) is 0 Å². The molecule has 0 spiro atoms. The van der Waals surface area contributed by atoms with Gasteiger partial charge in [-0.15, -0.1) is 6.58 Å². The van der Waals surface area contributed by atoms with Crippen LogP contribution in [0.1, 0.15) is 24.5 Å². The number of aromatic nitrogens is 1. The number of thiocarbonyl (C=S) groups is 1. The summed E-state index contributed by atoms with van der Waals surface area (Å²) in [7, 11) is 3.25. The molecule has 0 saturated carbocycles. The summed E-state index contributed by atoms with van der Waals surface area (Å²) in [6.45, 7) is 6.15. The highest BCUT2D eigenvalue weighted by Crippen LogP contribution is 2.43. The lowest BCUT2D eigenvalue weighted by molar-refractivity contribution is -0.0386. The molecule has 5 atom stereocenters. The molecule has 0 amide bonds. The van der Waals surface area contributed by atoms with Crippen LogP contribution in [0.15, 0.2) is 67.4 Å². The summed E-state index contributed by atoms with van der Waals surface area (Å²) in [5.74, 6) is 2.49. The quantitative estimate of drug-likeness (QED) is 0.342. The smallest absolute Gasteiger partial charge is 0.261 e. The van der Waals surface area contributed by atoms with E-state index in [0.29, 0.717) is 28.5 Å². The standard InChI is InChI=1S/C28H31N3O3S/c1-4-18-17-31-14-12-19(18)15-25(31)27(22-11-13-29-23-8-6-5-7-21(22)23)34-28(35)30-24-10-9-20(32-2)16-26(24)33-3/h4-11,13,16,18-19,25,27H,1,12,14-15,17H2,2-3H3,(H,30,35)/t18-,19-,25+,27-/m0/s1. The van der Waals surface area contributed by atoms with E-state index in [9.17, 15) is 0 Å². The van der Waals surface area contributed by atoms with Gasteiger partial charge in [0.05, 0.1) is 31.5 Å². The summed E-state index contributed by atoms with van der Waals surface area (Å²) in [6, 6.07) is 16.1. The molecule has 6 rings (SSSR count). The molecule has 3 aliphatic heterocycles. The number of pyridine rings is 1. The molecule has 2 aromatic carbocycles. The van der Waals surface area contributed by atoms with Crippen LogP contribution < -0.4 is 14.8 Å². The van der Waals surface area contributed by atoms with E-state index >= 15 is 0 Å². The molecule has 1 unspecified atom stereocenters. The fourth-order valence-electron chi connectivity index (χ4n) is 5.56. The molecule has 35 heavy (non-hydrogen) atoms. The summed E-state index contributed by atoms with van der Waals surface area (Å²) < 4.78 is 17.5. The molecule has 2 bridgehead atoms. The van der Waals surface area contributed by atoms with Crippen molar-refractivity contribution in [2.75, 3.05) is 32.6 Å². The van der Waals surface area contributed by atoms with Gasteiger partial charge in [-0.3, -0.25) is 9.88 Å². The van der Waals surface area contributed by atoms with Gasteiger partial charge >= 0.3 is 0 Å². The van der Waals surface area contributed by atoms with E-state index in [-0.39, 0.29) is 12.1 Å². The number of para-hydroxylation sites is 1. The number of fused-ring (bicyclic) bond motifs is 4. The fourth-order valence-corrected chi connectivity index (χ4v) is 5.78. The Bertz CT molecular complexity index is 1230. The minimum absolute atomic E-state index is 0.216. The molecule has 0 aliphatic carbocycles. The lowest BCUT2D eigenvalue weighted by Gasteiger charge is -2.51. The Kier molecular flexibility index (Phi) is 6.88. The Morgan fingerprint density at radius 2 is 2.06 bits per heavy atom. The van der Waals surface area contributed by atoms with Crippen molar-refractivity contribution in [1.82, 2.24) is 9.88 Å². The van der Waals surface area contributed by atoms with Gasteiger partial charge in [-0.1, -0.05) is 24.3 Å². The molecule has 3 fully saturated rings. The van der Waals surface area contributed by atoms with E-state index in [4.69, 9.17) is 26.4 Å². The number of hydrogen-bond donors (Lipinski definition) is 1. The van der Waals surface area contributed by atoms with E-state index in [2.05, 4.69) is 40.0 Å². The molecule has 3 aliphatic rings. The summed E-state index contributed by atoms with van der Waals surface area (Å²) in [5, 5.41) is 4.64. The Morgan fingerprint density at radius 1 is 1.20 bits per heavy atom. The number of methoxy groups -OCH3 is 2. The minimum Gasteiger partial charge on any atom is -0.497 e. The number of hydrogen-bond acceptors (Lipinski definition) is 6. The molecule has 3 saturated heterocycles. The van der Waals surface area contributed by atoms with Gasteiger partial charge in [-0.05, 0) is 67.7 Å². The van der Waals surface area contributed by atoms with Gasteiger partial charge in [0.15, 0.2) is 0 Å². The molecule has 4 heterocycles. The third-order valence-electron chi connectivity index (χ3n) is 7.37. The predicted octanol–water partition coefficient (Wildman–Crippen LogP) is 5.60. The number of piperidine rings is 3. The Morgan fingerprint density at radius 3 is 2.80 bits per heavy atom. The molecule has 0 radical (unpaired) electrons. The zero-order chi connectivity index (χ0) is 24.4. The maximum absolute atomic E-state index is 6.60. The van der Waals surface area contributed by atoms with Gasteiger partial charge in [0.25, 0.3) is 5.17 Å². The highest BCUT2D eigenvalue weighted by atomic mass is 32.1. The predicted molar refractivity (Wildman–Crippen MR) is 143 cm³/mol. The summed E-state index contributed by atoms with van der Waals surface area (Å²) in [5.41, 5.74) is 2.79. The molecule has 1 N–H and O–H groups in total. The average Bonchev–Trinajstić information content (AvgIpc) is 2.91.